The van der Waals surface area contributed by atoms with Gasteiger partial charge in [-0.25, -0.2) is 0 Å². The lowest BCUT2D eigenvalue weighted by Gasteiger charge is -2.18. The summed E-state index contributed by atoms with van der Waals surface area (Å²) in [5, 5.41) is 3.16. The van der Waals surface area contributed by atoms with Crippen LogP contribution >= 0.6 is 22.6 Å². The largest absolute Gasteiger partial charge is 1.00 e. The molecule has 1 aromatic heterocycles. The smallest absolute Gasteiger partial charge is 0.286 e. The van der Waals surface area contributed by atoms with Gasteiger partial charge in [-0.15, -0.1) is 0 Å². The maximum absolute atomic E-state index is 13.1. The van der Waals surface area contributed by atoms with E-state index >= 15 is 0 Å². The maximum atomic E-state index is 13.1. The van der Waals surface area contributed by atoms with E-state index in [1.54, 1.807) is 41.2 Å². The van der Waals surface area contributed by atoms with Crippen molar-refractivity contribution in [3.63, 3.8) is 0 Å². The van der Waals surface area contributed by atoms with E-state index < -0.39 is 0 Å². The van der Waals surface area contributed by atoms with Crippen LogP contribution in [0.2, 0.25) is 0 Å². The summed E-state index contributed by atoms with van der Waals surface area (Å²) < 4.78 is 2.78. The Hall–Kier alpha value is -2.07. The first-order chi connectivity index (χ1) is 12.6. The molecule has 3 aromatic rings. The number of carbonyl (C=O) groups excluding carboxylic acids is 2. The van der Waals surface area contributed by atoms with Crippen LogP contribution in [0.15, 0.2) is 84.8 Å². The Morgan fingerprint density at radius 2 is 1.33 bits per heavy atom. The molecule has 27 heavy (non-hydrogen) atoms. The zero-order valence-electron chi connectivity index (χ0n) is 14.0. The summed E-state index contributed by atoms with van der Waals surface area (Å²) >= 11 is 2.22. The Balaban J connectivity index is 0.00000210. The van der Waals surface area contributed by atoms with Crippen LogP contribution in [0, 0.1) is 3.57 Å². The fourth-order valence-corrected chi connectivity index (χ4v) is 3.31. The molecule has 1 heterocycles. The number of rotatable bonds is 3. The predicted molar refractivity (Wildman–Crippen MR) is 108 cm³/mol. The molecule has 0 radical (unpaired) electrons. The second-order valence-electron chi connectivity index (χ2n) is 5.84. The standard InChI is InChI=1S/C21H13IN2O2.HI/c22-14-8-10-15(11-9-14)23-18-19(24-12-4-1-5-13-24)21(26)17-7-3-2-6-16(17)20(18)25;/h1-13H;1H. The number of nitrogens with one attached hydrogen (secondary N) is 1. The summed E-state index contributed by atoms with van der Waals surface area (Å²) in [4.78, 5) is 26.3. The highest BCUT2D eigenvalue weighted by atomic mass is 127. The van der Waals surface area contributed by atoms with Gasteiger partial charge in [-0.05, 0) is 46.9 Å². The molecule has 0 saturated carbocycles. The molecule has 0 fully saturated rings. The van der Waals surface area contributed by atoms with Crippen LogP contribution in [-0.2, 0) is 0 Å². The van der Waals surface area contributed by atoms with Crippen LogP contribution in [-0.4, -0.2) is 11.6 Å². The van der Waals surface area contributed by atoms with Crippen LogP contribution in [0.4, 0.5) is 5.69 Å². The van der Waals surface area contributed by atoms with Crippen molar-refractivity contribution in [1.82, 2.24) is 0 Å². The minimum Gasteiger partial charge on any atom is -1.00 e. The SMILES string of the molecule is O=C1C(Nc2ccc(I)cc2)=C([n+]2ccccc2)C(=O)c2ccccc21.[I-]. The number of halogens is 2. The summed E-state index contributed by atoms with van der Waals surface area (Å²) in [5.41, 5.74) is 2.22. The summed E-state index contributed by atoms with van der Waals surface area (Å²) in [5.74, 6) is -0.366. The summed E-state index contributed by atoms with van der Waals surface area (Å²) in [6, 6.07) is 20.1. The van der Waals surface area contributed by atoms with E-state index in [2.05, 4.69) is 27.9 Å². The van der Waals surface area contributed by atoms with Gasteiger partial charge in [0.25, 0.3) is 11.5 Å². The van der Waals surface area contributed by atoms with E-state index in [1.165, 1.54) is 0 Å². The highest BCUT2D eigenvalue weighted by Gasteiger charge is 2.38. The third kappa shape index (κ3) is 3.81. The Kier molecular flexibility index (Phi) is 6.05. The Labute approximate surface area is 187 Å². The van der Waals surface area contributed by atoms with Crippen molar-refractivity contribution < 1.29 is 38.1 Å². The molecule has 0 saturated heterocycles. The van der Waals surface area contributed by atoms with E-state index in [-0.39, 0.29) is 41.2 Å². The maximum Gasteiger partial charge on any atom is 0.286 e. The number of anilines is 1. The first-order valence-corrected chi connectivity index (χ1v) is 9.15. The third-order valence-electron chi connectivity index (χ3n) is 4.18. The molecule has 4 rings (SSSR count). The number of nitrogens with zero attached hydrogens (tertiary/aromatic N) is 1. The molecule has 4 nitrogen and oxygen atoms in total. The van der Waals surface area contributed by atoms with Gasteiger partial charge in [-0.2, -0.15) is 4.57 Å². The van der Waals surface area contributed by atoms with Crippen molar-refractivity contribution in [2.45, 2.75) is 0 Å². The van der Waals surface area contributed by atoms with E-state index in [0.717, 1.165) is 9.26 Å². The molecule has 0 atom stereocenters. The first kappa shape index (κ1) is 19.7. The third-order valence-corrected chi connectivity index (χ3v) is 4.90. The van der Waals surface area contributed by atoms with Gasteiger partial charge in [0.1, 0.15) is 0 Å². The molecule has 0 aliphatic heterocycles. The molecular weight excluding hydrogens is 566 g/mol. The van der Waals surface area contributed by atoms with Gasteiger partial charge in [0.15, 0.2) is 18.1 Å². The lowest BCUT2D eigenvalue weighted by Crippen LogP contribution is -3.00. The highest BCUT2D eigenvalue weighted by Crippen LogP contribution is 2.27. The van der Waals surface area contributed by atoms with Crippen LogP contribution in [0.25, 0.3) is 5.70 Å². The molecule has 1 aliphatic carbocycles. The van der Waals surface area contributed by atoms with Crippen molar-refractivity contribution in [3.8, 4) is 0 Å². The van der Waals surface area contributed by atoms with E-state index in [0.29, 0.717) is 16.8 Å². The molecule has 2 aromatic carbocycles. The first-order valence-electron chi connectivity index (χ1n) is 8.07. The monoisotopic (exact) mass is 580 g/mol. The Morgan fingerprint density at radius 1 is 0.741 bits per heavy atom. The molecule has 0 unspecified atom stereocenters. The van der Waals surface area contributed by atoms with Crippen LogP contribution in [0.1, 0.15) is 20.7 Å². The lowest BCUT2D eigenvalue weighted by atomic mass is 9.90. The normalized spacial score (nSPS) is 13.1. The fourth-order valence-electron chi connectivity index (χ4n) is 2.95. The summed E-state index contributed by atoms with van der Waals surface area (Å²) in [7, 11) is 0. The molecule has 0 amide bonds. The number of fused-ring (bicyclic) bond motifs is 1. The van der Waals surface area contributed by atoms with Crippen molar-refractivity contribution in [2.75, 3.05) is 5.32 Å². The zero-order valence-corrected chi connectivity index (χ0v) is 18.3. The number of ketones is 2. The molecule has 0 bridgehead atoms. The zero-order chi connectivity index (χ0) is 18.1. The number of hydrogen-bond acceptors (Lipinski definition) is 3. The van der Waals surface area contributed by atoms with Crippen molar-refractivity contribution in [1.29, 1.82) is 0 Å². The molecule has 1 aliphatic rings. The van der Waals surface area contributed by atoms with Gasteiger partial charge in [0.05, 0.1) is 0 Å². The molecular formula is C21H14I2N2O2. The van der Waals surface area contributed by atoms with Crippen LogP contribution < -0.4 is 33.9 Å². The van der Waals surface area contributed by atoms with E-state index in [4.69, 9.17) is 0 Å². The quantitative estimate of drug-likeness (QED) is 0.371. The molecule has 6 heteroatoms. The van der Waals surface area contributed by atoms with Gasteiger partial charge >= 0.3 is 0 Å². The van der Waals surface area contributed by atoms with Crippen LogP contribution in [0.5, 0.6) is 0 Å². The molecule has 1 N–H and O–H groups in total. The van der Waals surface area contributed by atoms with Gasteiger partial charge < -0.3 is 29.3 Å². The van der Waals surface area contributed by atoms with Crippen LogP contribution in [0.3, 0.4) is 0 Å². The van der Waals surface area contributed by atoms with Crippen molar-refractivity contribution >= 4 is 45.5 Å². The number of Topliss-reactive ketones (excluding diaryl/α,β-unsaturated/α-hetero) is 2. The topological polar surface area (TPSA) is 50.1 Å². The Bertz CT molecular complexity index is 1050. The summed E-state index contributed by atoms with van der Waals surface area (Å²) in [6.45, 7) is 0. The predicted octanol–water partition coefficient (Wildman–Crippen LogP) is 0.943. The second kappa shape index (κ2) is 8.30. The van der Waals surface area contributed by atoms with E-state index in [1.807, 2.05) is 42.5 Å². The number of allylic oxidation sites excluding steroid dienone is 2. The molecule has 0 spiro atoms. The number of hydrogen-bond donors (Lipinski definition) is 1. The molecule has 134 valence electrons. The van der Waals surface area contributed by atoms with Gasteiger partial charge in [-0.3, -0.25) is 9.59 Å². The average Bonchev–Trinajstić information content (AvgIpc) is 2.68. The number of pyridine rings is 1. The number of aromatic nitrogens is 1. The minimum atomic E-state index is -0.190. The van der Waals surface area contributed by atoms with Crippen molar-refractivity contribution in [3.05, 3.63) is 99.5 Å². The second-order valence-corrected chi connectivity index (χ2v) is 7.09. The summed E-state index contributed by atoms with van der Waals surface area (Å²) in [6.07, 6.45) is 3.54. The Morgan fingerprint density at radius 3 is 1.96 bits per heavy atom. The fraction of sp³-hybridized carbons (Fsp3) is 0. The number of carbonyl (C=O) groups is 2. The van der Waals surface area contributed by atoms with E-state index in [9.17, 15) is 9.59 Å². The average molecular weight is 580 g/mol. The van der Waals surface area contributed by atoms with Crippen molar-refractivity contribution in [2.24, 2.45) is 0 Å². The number of benzene rings is 2. The minimum absolute atomic E-state index is 0. The lowest BCUT2D eigenvalue weighted by molar-refractivity contribution is -0.577. The van der Waals surface area contributed by atoms with Gasteiger partial charge in [0.2, 0.25) is 5.78 Å². The van der Waals surface area contributed by atoms with Gasteiger partial charge in [-0.1, -0.05) is 30.3 Å². The highest BCUT2D eigenvalue weighted by molar-refractivity contribution is 14.1. The van der Waals surface area contributed by atoms with Gasteiger partial charge in [0, 0.05) is 32.5 Å².